The predicted octanol–water partition coefficient (Wildman–Crippen LogP) is 3.33. The zero-order valence-electron chi connectivity index (χ0n) is 15.9. The van der Waals surface area contributed by atoms with E-state index in [1.54, 1.807) is 31.4 Å². The second-order valence-corrected chi connectivity index (χ2v) is 6.41. The molecule has 2 aromatic carbocycles. The number of nitrogens with zero attached hydrogens (tertiary/aromatic N) is 1. The Morgan fingerprint density at radius 1 is 0.821 bits per heavy atom. The van der Waals surface area contributed by atoms with E-state index in [0.717, 1.165) is 16.9 Å². The molecule has 0 amide bonds. The Labute approximate surface area is 164 Å². The second kappa shape index (κ2) is 8.95. The van der Waals surface area contributed by atoms with Crippen molar-refractivity contribution in [2.45, 2.75) is 20.1 Å². The predicted molar refractivity (Wildman–Crippen MR) is 104 cm³/mol. The van der Waals surface area contributed by atoms with E-state index in [0.29, 0.717) is 17.7 Å². The van der Waals surface area contributed by atoms with E-state index in [1.807, 2.05) is 53.4 Å². The van der Waals surface area contributed by atoms with Gasteiger partial charge < -0.3 is 9.47 Å². The van der Waals surface area contributed by atoms with E-state index in [1.165, 1.54) is 6.92 Å². The standard InChI is InChI=1S/C23H22NO4/c1-17(25)28-16-19-11-13-24(14-12-19)15-18-3-5-20(6-4-18)23(26)21-7-9-22(27-2)10-8-21/h3-14H,15-16H2,1-2H3/q+1. The van der Waals surface area contributed by atoms with Gasteiger partial charge in [0.2, 0.25) is 0 Å². The van der Waals surface area contributed by atoms with Crippen molar-refractivity contribution < 1.29 is 23.6 Å². The minimum absolute atomic E-state index is 0.0170. The molecule has 0 saturated heterocycles. The number of ether oxygens (including phenoxy) is 2. The molecule has 5 heteroatoms. The molecule has 0 aliphatic heterocycles. The lowest BCUT2D eigenvalue weighted by molar-refractivity contribution is -0.688. The molecule has 0 saturated carbocycles. The summed E-state index contributed by atoms with van der Waals surface area (Å²) in [5.74, 6) is 0.417. The average molecular weight is 376 g/mol. The summed E-state index contributed by atoms with van der Waals surface area (Å²) >= 11 is 0. The highest BCUT2D eigenvalue weighted by molar-refractivity contribution is 6.09. The zero-order chi connectivity index (χ0) is 19.9. The maximum atomic E-state index is 12.6. The molecule has 142 valence electrons. The van der Waals surface area contributed by atoms with Crippen molar-refractivity contribution in [3.63, 3.8) is 0 Å². The van der Waals surface area contributed by atoms with Crippen LogP contribution in [-0.4, -0.2) is 18.9 Å². The summed E-state index contributed by atoms with van der Waals surface area (Å²) < 4.78 is 12.1. The summed E-state index contributed by atoms with van der Waals surface area (Å²) in [4.78, 5) is 23.4. The summed E-state index contributed by atoms with van der Waals surface area (Å²) in [5.41, 5.74) is 3.30. The Morgan fingerprint density at radius 2 is 1.39 bits per heavy atom. The van der Waals surface area contributed by atoms with E-state index in [4.69, 9.17) is 9.47 Å². The van der Waals surface area contributed by atoms with E-state index in [-0.39, 0.29) is 18.4 Å². The number of carbonyl (C=O) groups excluding carboxylic acids is 2. The maximum Gasteiger partial charge on any atom is 0.302 e. The van der Waals surface area contributed by atoms with Crippen molar-refractivity contribution in [3.05, 3.63) is 95.3 Å². The highest BCUT2D eigenvalue weighted by atomic mass is 16.5. The largest absolute Gasteiger partial charge is 0.497 e. The number of hydrogen-bond acceptors (Lipinski definition) is 4. The first-order valence-corrected chi connectivity index (χ1v) is 8.94. The third-order valence-corrected chi connectivity index (χ3v) is 4.34. The van der Waals surface area contributed by atoms with Gasteiger partial charge in [-0.2, -0.15) is 0 Å². The smallest absolute Gasteiger partial charge is 0.302 e. The number of aromatic nitrogens is 1. The van der Waals surface area contributed by atoms with Gasteiger partial charge in [-0.1, -0.05) is 24.3 Å². The fraction of sp³-hybridized carbons (Fsp3) is 0.174. The fourth-order valence-electron chi connectivity index (χ4n) is 2.76. The number of rotatable bonds is 7. The third kappa shape index (κ3) is 5.04. The number of ketones is 1. The molecule has 3 aromatic rings. The fourth-order valence-corrected chi connectivity index (χ4v) is 2.76. The van der Waals surface area contributed by atoms with Crippen molar-refractivity contribution in [1.29, 1.82) is 0 Å². The third-order valence-electron chi connectivity index (χ3n) is 4.34. The molecule has 0 bridgehead atoms. The summed E-state index contributed by atoms with van der Waals surface area (Å²) in [7, 11) is 1.60. The first-order valence-electron chi connectivity index (χ1n) is 8.94. The molecule has 1 aromatic heterocycles. The highest BCUT2D eigenvalue weighted by Crippen LogP contribution is 2.15. The van der Waals surface area contributed by atoms with Crippen molar-refractivity contribution in [3.8, 4) is 5.75 Å². The van der Waals surface area contributed by atoms with Crippen LogP contribution in [0, 0.1) is 0 Å². The van der Waals surface area contributed by atoms with Crippen LogP contribution < -0.4 is 9.30 Å². The van der Waals surface area contributed by atoms with Crippen LogP contribution in [0.5, 0.6) is 5.75 Å². The van der Waals surface area contributed by atoms with Gasteiger partial charge in [-0.3, -0.25) is 9.59 Å². The van der Waals surface area contributed by atoms with Gasteiger partial charge in [-0.15, -0.1) is 0 Å². The molecular weight excluding hydrogens is 354 g/mol. The minimum Gasteiger partial charge on any atom is -0.497 e. The van der Waals surface area contributed by atoms with Crippen molar-refractivity contribution in [1.82, 2.24) is 0 Å². The molecule has 0 unspecified atom stereocenters. The number of methoxy groups -OCH3 is 1. The number of pyridine rings is 1. The molecule has 0 aliphatic carbocycles. The monoisotopic (exact) mass is 376 g/mol. The van der Waals surface area contributed by atoms with Crippen molar-refractivity contribution in [2.24, 2.45) is 0 Å². The Bertz CT molecular complexity index is 945. The van der Waals surface area contributed by atoms with E-state index in [9.17, 15) is 9.59 Å². The van der Waals surface area contributed by atoms with Gasteiger partial charge in [0.1, 0.15) is 12.4 Å². The summed E-state index contributed by atoms with van der Waals surface area (Å²) in [6, 6.07) is 18.5. The molecule has 5 nitrogen and oxygen atoms in total. The molecule has 0 spiro atoms. The van der Waals surface area contributed by atoms with E-state index in [2.05, 4.69) is 0 Å². The SMILES string of the molecule is COc1ccc(C(=O)c2ccc(C[n+]3ccc(COC(C)=O)cc3)cc2)cc1. The number of esters is 1. The van der Waals surface area contributed by atoms with Gasteiger partial charge in [-0.25, -0.2) is 4.57 Å². The molecular formula is C23H22NO4+. The lowest BCUT2D eigenvalue weighted by atomic mass is 10.0. The Kier molecular flexibility index (Phi) is 6.17. The van der Waals surface area contributed by atoms with Crippen LogP contribution >= 0.6 is 0 Å². The molecule has 1 heterocycles. The van der Waals surface area contributed by atoms with Crippen LogP contribution in [0.25, 0.3) is 0 Å². The van der Waals surface area contributed by atoms with Crippen molar-refractivity contribution in [2.75, 3.05) is 7.11 Å². The quantitative estimate of drug-likeness (QED) is 0.361. The first-order chi connectivity index (χ1) is 13.5. The molecule has 0 aliphatic rings. The number of carbonyl (C=O) groups is 2. The average Bonchev–Trinajstić information content (AvgIpc) is 2.73. The van der Waals surface area contributed by atoms with Crippen LogP contribution in [0.3, 0.4) is 0 Å². The molecule has 0 fully saturated rings. The van der Waals surface area contributed by atoms with Crippen LogP contribution in [0.15, 0.2) is 73.1 Å². The molecule has 3 rings (SSSR count). The maximum absolute atomic E-state index is 12.6. The summed E-state index contributed by atoms with van der Waals surface area (Å²) in [5, 5.41) is 0. The lowest BCUT2D eigenvalue weighted by Crippen LogP contribution is -2.33. The molecule has 28 heavy (non-hydrogen) atoms. The van der Waals surface area contributed by atoms with E-state index >= 15 is 0 Å². The Hall–Kier alpha value is -3.47. The van der Waals surface area contributed by atoms with Gasteiger partial charge in [0.25, 0.3) is 0 Å². The topological polar surface area (TPSA) is 56.5 Å². The van der Waals surface area contributed by atoms with Crippen molar-refractivity contribution >= 4 is 11.8 Å². The zero-order valence-corrected chi connectivity index (χ0v) is 15.9. The van der Waals surface area contributed by atoms with Gasteiger partial charge in [0, 0.05) is 41.3 Å². The minimum atomic E-state index is -0.291. The Balaban J connectivity index is 1.63. The van der Waals surface area contributed by atoms with Crippen LogP contribution in [0.4, 0.5) is 0 Å². The van der Waals surface area contributed by atoms with Crippen LogP contribution in [0.2, 0.25) is 0 Å². The number of benzene rings is 2. The number of hydrogen-bond donors (Lipinski definition) is 0. The first kappa shape index (κ1) is 19.3. The summed E-state index contributed by atoms with van der Waals surface area (Å²) in [6.45, 7) is 2.36. The van der Waals surface area contributed by atoms with Crippen LogP contribution in [0.1, 0.15) is 34.0 Å². The van der Waals surface area contributed by atoms with Gasteiger partial charge in [-0.05, 0) is 24.3 Å². The highest BCUT2D eigenvalue weighted by Gasteiger charge is 2.10. The lowest BCUT2D eigenvalue weighted by Gasteiger charge is -2.05. The second-order valence-electron chi connectivity index (χ2n) is 6.41. The van der Waals surface area contributed by atoms with Crippen LogP contribution in [-0.2, 0) is 22.7 Å². The van der Waals surface area contributed by atoms with Gasteiger partial charge in [0.15, 0.2) is 24.7 Å². The molecule has 0 N–H and O–H groups in total. The Morgan fingerprint density at radius 3 is 1.93 bits per heavy atom. The molecule has 0 atom stereocenters. The summed E-state index contributed by atoms with van der Waals surface area (Å²) in [6.07, 6.45) is 3.88. The van der Waals surface area contributed by atoms with Gasteiger partial charge >= 0.3 is 5.97 Å². The van der Waals surface area contributed by atoms with Gasteiger partial charge in [0.05, 0.1) is 7.11 Å². The normalized spacial score (nSPS) is 10.4. The van der Waals surface area contributed by atoms with E-state index < -0.39 is 0 Å². The molecule has 0 radical (unpaired) electrons.